The number of methoxy groups -OCH3 is 1. The van der Waals surface area contributed by atoms with E-state index in [9.17, 15) is 0 Å². The molecule has 0 amide bonds. The van der Waals surface area contributed by atoms with Crippen molar-refractivity contribution in [2.24, 2.45) is 0 Å². The minimum atomic E-state index is -0.0408. The molecule has 1 aromatic carbocycles. The highest BCUT2D eigenvalue weighted by molar-refractivity contribution is 6.42. The molecule has 0 heterocycles. The zero-order valence-electron chi connectivity index (χ0n) is 11.5. The summed E-state index contributed by atoms with van der Waals surface area (Å²) in [6.45, 7) is 0. The second-order valence-corrected chi connectivity index (χ2v) is 6.08. The van der Waals surface area contributed by atoms with Crippen LogP contribution in [-0.2, 0) is 11.2 Å². The molecule has 0 spiro atoms. The number of likely N-dealkylation sites (N-methyl/N-ethyl adjacent to an activating group) is 1. The summed E-state index contributed by atoms with van der Waals surface area (Å²) in [5, 5.41) is 4.64. The number of nitrogens with one attached hydrogen (secondary N) is 1. The Morgan fingerprint density at radius 1 is 1.26 bits per heavy atom. The average molecular weight is 302 g/mol. The van der Waals surface area contributed by atoms with E-state index in [4.69, 9.17) is 27.9 Å². The molecule has 0 aromatic heterocycles. The highest BCUT2D eigenvalue weighted by Gasteiger charge is 2.40. The van der Waals surface area contributed by atoms with Gasteiger partial charge in [0.15, 0.2) is 0 Å². The van der Waals surface area contributed by atoms with Gasteiger partial charge < -0.3 is 10.1 Å². The number of ether oxygens (including phenoxy) is 1. The van der Waals surface area contributed by atoms with Crippen molar-refractivity contribution >= 4 is 23.2 Å². The van der Waals surface area contributed by atoms with Gasteiger partial charge in [-0.2, -0.15) is 0 Å². The minimum absolute atomic E-state index is 0.0408. The SMILES string of the molecule is CNC(Cc1ccc(Cl)c(Cl)c1)C1(OC)CCCC1. The fourth-order valence-corrected chi connectivity index (χ4v) is 3.44. The van der Waals surface area contributed by atoms with Gasteiger partial charge in [0.25, 0.3) is 0 Å². The molecule has 2 rings (SSSR count). The van der Waals surface area contributed by atoms with Crippen molar-refractivity contribution < 1.29 is 4.74 Å². The van der Waals surface area contributed by atoms with Crippen molar-refractivity contribution in [1.29, 1.82) is 0 Å². The molecule has 106 valence electrons. The van der Waals surface area contributed by atoms with Gasteiger partial charge in [0.2, 0.25) is 0 Å². The van der Waals surface area contributed by atoms with Crippen molar-refractivity contribution in [1.82, 2.24) is 5.32 Å². The normalized spacial score (nSPS) is 19.6. The molecule has 1 aromatic rings. The Morgan fingerprint density at radius 2 is 1.95 bits per heavy atom. The number of benzene rings is 1. The predicted octanol–water partition coefficient (Wildman–Crippen LogP) is 4.08. The van der Waals surface area contributed by atoms with Crippen LogP contribution in [0.25, 0.3) is 0 Å². The maximum atomic E-state index is 6.09. The zero-order valence-corrected chi connectivity index (χ0v) is 13.0. The lowest BCUT2D eigenvalue weighted by Gasteiger charge is -2.36. The standard InChI is InChI=1S/C15H21Cl2NO/c1-18-14(15(19-2)7-3-4-8-15)10-11-5-6-12(16)13(17)9-11/h5-6,9,14,18H,3-4,7-8,10H2,1-2H3. The van der Waals surface area contributed by atoms with Gasteiger partial charge in [-0.1, -0.05) is 42.1 Å². The number of hydrogen-bond donors (Lipinski definition) is 1. The first-order valence-corrected chi connectivity index (χ1v) is 7.53. The van der Waals surface area contributed by atoms with Crippen LogP contribution in [0.15, 0.2) is 18.2 Å². The first-order chi connectivity index (χ1) is 9.11. The van der Waals surface area contributed by atoms with Gasteiger partial charge in [-0.05, 0) is 44.0 Å². The lowest BCUT2D eigenvalue weighted by molar-refractivity contribution is -0.0336. The van der Waals surface area contributed by atoms with Crippen LogP contribution >= 0.6 is 23.2 Å². The maximum Gasteiger partial charge on any atom is 0.0834 e. The molecule has 1 atom stereocenters. The second kappa shape index (κ2) is 6.45. The van der Waals surface area contributed by atoms with Crippen molar-refractivity contribution in [3.05, 3.63) is 33.8 Å². The number of hydrogen-bond acceptors (Lipinski definition) is 2. The molecule has 19 heavy (non-hydrogen) atoms. The average Bonchev–Trinajstić information content (AvgIpc) is 2.90. The van der Waals surface area contributed by atoms with Gasteiger partial charge in [-0.15, -0.1) is 0 Å². The van der Waals surface area contributed by atoms with Gasteiger partial charge in [-0.25, -0.2) is 0 Å². The second-order valence-electron chi connectivity index (χ2n) is 5.27. The van der Waals surface area contributed by atoms with Crippen molar-refractivity contribution in [3.8, 4) is 0 Å². The molecule has 1 N–H and O–H groups in total. The number of halogens is 2. The third-order valence-corrected chi connectivity index (χ3v) is 5.00. The molecule has 4 heteroatoms. The minimum Gasteiger partial charge on any atom is -0.377 e. The summed E-state index contributed by atoms with van der Waals surface area (Å²) >= 11 is 12.0. The molecule has 2 nitrogen and oxygen atoms in total. The molecule has 1 fully saturated rings. The number of rotatable bonds is 5. The van der Waals surface area contributed by atoms with E-state index in [0.29, 0.717) is 16.1 Å². The summed E-state index contributed by atoms with van der Waals surface area (Å²) in [5.41, 5.74) is 1.15. The molecule has 1 saturated carbocycles. The Hall–Kier alpha value is -0.280. The van der Waals surface area contributed by atoms with E-state index in [-0.39, 0.29) is 5.60 Å². The molecule has 0 radical (unpaired) electrons. The van der Waals surface area contributed by atoms with Gasteiger partial charge >= 0.3 is 0 Å². The van der Waals surface area contributed by atoms with Crippen LogP contribution in [0.2, 0.25) is 10.0 Å². The summed E-state index contributed by atoms with van der Waals surface area (Å²) in [6, 6.07) is 6.15. The molecule has 1 aliphatic rings. The first kappa shape index (κ1) is 15.1. The summed E-state index contributed by atoms with van der Waals surface area (Å²) in [7, 11) is 3.83. The van der Waals surface area contributed by atoms with Crippen molar-refractivity contribution in [2.75, 3.05) is 14.2 Å². The smallest absolute Gasteiger partial charge is 0.0834 e. The van der Waals surface area contributed by atoms with Crippen LogP contribution in [0.3, 0.4) is 0 Å². The van der Waals surface area contributed by atoms with Crippen LogP contribution in [-0.4, -0.2) is 25.8 Å². The fourth-order valence-electron chi connectivity index (χ4n) is 3.12. The predicted molar refractivity (Wildman–Crippen MR) is 81.2 cm³/mol. The lowest BCUT2D eigenvalue weighted by atomic mass is 9.87. The Labute approximate surface area is 125 Å². The van der Waals surface area contributed by atoms with Crippen molar-refractivity contribution in [3.63, 3.8) is 0 Å². The summed E-state index contributed by atoms with van der Waals surface area (Å²) < 4.78 is 5.86. The summed E-state index contributed by atoms with van der Waals surface area (Å²) in [4.78, 5) is 0. The van der Waals surface area contributed by atoms with Crippen LogP contribution in [0.5, 0.6) is 0 Å². The van der Waals surface area contributed by atoms with Crippen molar-refractivity contribution in [2.45, 2.75) is 43.7 Å². The molecule has 1 aliphatic carbocycles. The highest BCUT2D eigenvalue weighted by atomic mass is 35.5. The third-order valence-electron chi connectivity index (χ3n) is 4.26. The molecular formula is C15H21Cl2NO. The molecule has 1 unspecified atom stereocenters. The molecule has 0 aliphatic heterocycles. The molecule has 0 saturated heterocycles. The molecule has 0 bridgehead atoms. The maximum absolute atomic E-state index is 6.09. The Morgan fingerprint density at radius 3 is 2.47 bits per heavy atom. The Kier molecular flexibility index (Phi) is 5.13. The van der Waals surface area contributed by atoms with E-state index in [1.165, 1.54) is 18.4 Å². The van der Waals surface area contributed by atoms with E-state index in [1.807, 2.05) is 32.4 Å². The first-order valence-electron chi connectivity index (χ1n) is 6.77. The summed E-state index contributed by atoms with van der Waals surface area (Å²) in [6.07, 6.45) is 5.63. The summed E-state index contributed by atoms with van der Waals surface area (Å²) in [5.74, 6) is 0. The van der Waals surface area contributed by atoms with Crippen LogP contribution in [0, 0.1) is 0 Å². The highest BCUT2D eigenvalue weighted by Crippen LogP contribution is 2.37. The topological polar surface area (TPSA) is 21.3 Å². The van der Waals surface area contributed by atoms with E-state index in [2.05, 4.69) is 5.32 Å². The van der Waals surface area contributed by atoms with Crippen LogP contribution in [0.1, 0.15) is 31.2 Å². The third kappa shape index (κ3) is 3.25. The monoisotopic (exact) mass is 301 g/mol. The van der Waals surface area contributed by atoms with Crippen LogP contribution < -0.4 is 5.32 Å². The van der Waals surface area contributed by atoms with Gasteiger partial charge in [-0.3, -0.25) is 0 Å². The van der Waals surface area contributed by atoms with Crippen LogP contribution in [0.4, 0.5) is 0 Å². The zero-order chi connectivity index (χ0) is 13.9. The molecular weight excluding hydrogens is 281 g/mol. The van der Waals surface area contributed by atoms with E-state index < -0.39 is 0 Å². The lowest BCUT2D eigenvalue weighted by Crippen LogP contribution is -2.50. The van der Waals surface area contributed by atoms with Gasteiger partial charge in [0.05, 0.1) is 15.6 Å². The van der Waals surface area contributed by atoms with E-state index in [0.717, 1.165) is 19.3 Å². The largest absolute Gasteiger partial charge is 0.377 e. The van der Waals surface area contributed by atoms with E-state index >= 15 is 0 Å². The Bertz CT molecular complexity index is 430. The van der Waals surface area contributed by atoms with E-state index in [1.54, 1.807) is 0 Å². The Balaban J connectivity index is 2.16. The quantitative estimate of drug-likeness (QED) is 0.885. The fraction of sp³-hybridized carbons (Fsp3) is 0.600. The van der Waals surface area contributed by atoms with Gasteiger partial charge in [0.1, 0.15) is 0 Å². The van der Waals surface area contributed by atoms with Gasteiger partial charge in [0, 0.05) is 13.2 Å².